The maximum absolute atomic E-state index is 11.5. The molecule has 2 unspecified atom stereocenters. The van der Waals surface area contributed by atoms with Crippen molar-refractivity contribution >= 4 is 5.82 Å². The van der Waals surface area contributed by atoms with Crippen LogP contribution in [0.1, 0.15) is 13.3 Å². The zero-order valence-corrected chi connectivity index (χ0v) is 10.0. The highest BCUT2D eigenvalue weighted by molar-refractivity contribution is 5.51. The predicted octanol–water partition coefficient (Wildman–Crippen LogP) is -0.0144. The lowest BCUT2D eigenvalue weighted by Gasteiger charge is -2.19. The zero-order valence-electron chi connectivity index (χ0n) is 10.0. The Kier molecular flexibility index (Phi) is 3.33. The van der Waals surface area contributed by atoms with Crippen molar-refractivity contribution in [2.45, 2.75) is 19.4 Å². The lowest BCUT2D eigenvalue weighted by molar-refractivity contribution is 0.136. The molecule has 6 nitrogen and oxygen atoms in total. The summed E-state index contributed by atoms with van der Waals surface area (Å²) in [6.07, 6.45) is 1.93. The van der Waals surface area contributed by atoms with Gasteiger partial charge in [0.25, 0.3) is 5.56 Å². The fraction of sp³-hybridized carbons (Fsp3) is 0.636. The Morgan fingerprint density at radius 1 is 1.71 bits per heavy atom. The third kappa shape index (κ3) is 2.26. The van der Waals surface area contributed by atoms with E-state index in [1.807, 2.05) is 4.90 Å². The minimum absolute atomic E-state index is 0.223. The molecule has 2 atom stereocenters. The number of aromatic nitrogens is 2. The van der Waals surface area contributed by atoms with Crippen molar-refractivity contribution in [2.75, 3.05) is 25.1 Å². The van der Waals surface area contributed by atoms with Crippen molar-refractivity contribution in [3.05, 3.63) is 16.7 Å². The van der Waals surface area contributed by atoms with Gasteiger partial charge in [-0.15, -0.1) is 0 Å². The first-order chi connectivity index (χ1) is 8.13. The molecule has 94 valence electrons. The van der Waals surface area contributed by atoms with Crippen LogP contribution < -0.4 is 15.2 Å². The molecule has 0 bridgehead atoms. The molecule has 2 rings (SSSR count). The highest BCUT2D eigenvalue weighted by atomic mass is 16.5. The van der Waals surface area contributed by atoms with Crippen LogP contribution in [0.25, 0.3) is 0 Å². The first kappa shape index (κ1) is 11.9. The topological polar surface area (TPSA) is 78.5 Å². The molecule has 6 heteroatoms. The summed E-state index contributed by atoms with van der Waals surface area (Å²) in [5.74, 6) is 1.01. The number of hydrogen-bond donors (Lipinski definition) is 2. The largest absolute Gasteiger partial charge is 0.489 e. The van der Waals surface area contributed by atoms with Gasteiger partial charge in [0.05, 0.1) is 19.5 Å². The molecule has 2 N–H and O–H groups in total. The Bertz CT molecular complexity index is 444. The molecule has 1 aromatic rings. The number of H-pyrrole nitrogens is 1. The summed E-state index contributed by atoms with van der Waals surface area (Å²) in [5, 5.41) is 9.55. The zero-order chi connectivity index (χ0) is 12.4. The number of nitrogens with zero attached hydrogens (tertiary/aromatic N) is 2. The summed E-state index contributed by atoms with van der Waals surface area (Å²) in [6, 6.07) is 0. The third-order valence-corrected chi connectivity index (χ3v) is 3.20. The van der Waals surface area contributed by atoms with Crippen molar-refractivity contribution in [3.63, 3.8) is 0 Å². The molecule has 0 radical (unpaired) electrons. The number of rotatable bonds is 3. The Morgan fingerprint density at radius 2 is 2.47 bits per heavy atom. The molecule has 0 saturated carbocycles. The first-order valence-corrected chi connectivity index (χ1v) is 5.68. The molecule has 0 amide bonds. The van der Waals surface area contributed by atoms with E-state index in [4.69, 9.17) is 4.74 Å². The van der Waals surface area contributed by atoms with E-state index in [0.717, 1.165) is 13.0 Å². The van der Waals surface area contributed by atoms with Gasteiger partial charge in [-0.2, -0.15) is 0 Å². The number of methoxy groups -OCH3 is 1. The van der Waals surface area contributed by atoms with E-state index in [1.54, 1.807) is 6.92 Å². The third-order valence-electron chi connectivity index (χ3n) is 3.20. The highest BCUT2D eigenvalue weighted by Crippen LogP contribution is 2.28. The molecule has 0 aromatic carbocycles. The van der Waals surface area contributed by atoms with Gasteiger partial charge in [-0.1, -0.05) is 0 Å². The van der Waals surface area contributed by atoms with E-state index in [2.05, 4.69) is 9.97 Å². The van der Waals surface area contributed by atoms with Crippen LogP contribution in [0, 0.1) is 5.92 Å². The van der Waals surface area contributed by atoms with Gasteiger partial charge in [-0.3, -0.25) is 4.79 Å². The van der Waals surface area contributed by atoms with Crippen molar-refractivity contribution in [1.82, 2.24) is 9.97 Å². The molecule has 1 fully saturated rings. The van der Waals surface area contributed by atoms with Crippen LogP contribution >= 0.6 is 0 Å². The van der Waals surface area contributed by atoms with Crippen LogP contribution in [-0.4, -0.2) is 41.4 Å². The maximum Gasteiger partial charge on any atom is 0.295 e. The van der Waals surface area contributed by atoms with Crippen LogP contribution in [0.5, 0.6) is 5.75 Å². The van der Waals surface area contributed by atoms with Gasteiger partial charge in [0.15, 0.2) is 5.82 Å². The summed E-state index contributed by atoms with van der Waals surface area (Å²) in [4.78, 5) is 20.2. The SMILES string of the molecule is COc1c(N2CCC(C(C)O)C2)nc[nH]c1=O. The van der Waals surface area contributed by atoms with Gasteiger partial charge >= 0.3 is 0 Å². The second-order valence-corrected chi connectivity index (χ2v) is 4.32. The fourth-order valence-electron chi connectivity index (χ4n) is 2.16. The minimum Gasteiger partial charge on any atom is -0.489 e. The molecule has 1 saturated heterocycles. The van der Waals surface area contributed by atoms with Crippen molar-refractivity contribution in [1.29, 1.82) is 0 Å². The summed E-state index contributed by atoms with van der Waals surface area (Å²) < 4.78 is 5.07. The van der Waals surface area contributed by atoms with Crippen LogP contribution in [0.4, 0.5) is 5.82 Å². The Morgan fingerprint density at radius 3 is 3.06 bits per heavy atom. The van der Waals surface area contributed by atoms with Crippen molar-refractivity contribution in [3.8, 4) is 5.75 Å². The number of nitrogens with one attached hydrogen (secondary N) is 1. The second kappa shape index (κ2) is 4.75. The van der Waals surface area contributed by atoms with Gasteiger partial charge in [-0.25, -0.2) is 4.98 Å². The Hall–Kier alpha value is -1.56. The number of hydrogen-bond acceptors (Lipinski definition) is 5. The van der Waals surface area contributed by atoms with Crippen LogP contribution in [0.15, 0.2) is 11.1 Å². The average Bonchev–Trinajstić information content (AvgIpc) is 2.77. The van der Waals surface area contributed by atoms with E-state index in [1.165, 1.54) is 13.4 Å². The second-order valence-electron chi connectivity index (χ2n) is 4.32. The van der Waals surface area contributed by atoms with E-state index < -0.39 is 0 Å². The van der Waals surface area contributed by atoms with Crippen molar-refractivity contribution < 1.29 is 9.84 Å². The van der Waals surface area contributed by atoms with Gasteiger partial charge in [-0.05, 0) is 13.3 Å². The van der Waals surface area contributed by atoms with Crippen LogP contribution in [0.3, 0.4) is 0 Å². The van der Waals surface area contributed by atoms with Gasteiger partial charge in [0, 0.05) is 19.0 Å². The average molecular weight is 239 g/mol. The highest BCUT2D eigenvalue weighted by Gasteiger charge is 2.29. The quantitative estimate of drug-likeness (QED) is 0.775. The smallest absolute Gasteiger partial charge is 0.295 e. The minimum atomic E-state index is -0.340. The summed E-state index contributed by atoms with van der Waals surface area (Å²) in [5.41, 5.74) is -0.280. The van der Waals surface area contributed by atoms with Crippen LogP contribution in [-0.2, 0) is 0 Å². The molecule has 0 aliphatic carbocycles. The Balaban J connectivity index is 2.24. The number of aromatic amines is 1. The number of aliphatic hydroxyl groups excluding tert-OH is 1. The lowest BCUT2D eigenvalue weighted by atomic mass is 10.0. The van der Waals surface area contributed by atoms with Crippen molar-refractivity contribution in [2.24, 2.45) is 5.92 Å². The molecular weight excluding hydrogens is 222 g/mol. The van der Waals surface area contributed by atoms with Gasteiger partial charge < -0.3 is 19.7 Å². The lowest BCUT2D eigenvalue weighted by Crippen LogP contribution is -2.27. The Labute approximate surface area is 99.2 Å². The normalized spacial score (nSPS) is 21.6. The van der Waals surface area contributed by atoms with Crippen LogP contribution in [0.2, 0.25) is 0 Å². The van der Waals surface area contributed by atoms with E-state index in [9.17, 15) is 9.90 Å². The molecule has 0 spiro atoms. The molecule has 17 heavy (non-hydrogen) atoms. The number of aliphatic hydroxyl groups is 1. The van der Waals surface area contributed by atoms with E-state index in [-0.39, 0.29) is 23.3 Å². The summed E-state index contributed by atoms with van der Waals surface area (Å²) in [6.45, 7) is 3.27. The summed E-state index contributed by atoms with van der Waals surface area (Å²) in [7, 11) is 1.46. The monoisotopic (exact) mass is 239 g/mol. The fourth-order valence-corrected chi connectivity index (χ4v) is 2.16. The van der Waals surface area contributed by atoms with E-state index in [0.29, 0.717) is 12.4 Å². The molecule has 1 aliphatic rings. The molecular formula is C11H17N3O3. The molecule has 1 aliphatic heterocycles. The number of anilines is 1. The van der Waals surface area contributed by atoms with Gasteiger partial charge in [0.2, 0.25) is 5.75 Å². The van der Waals surface area contributed by atoms with Gasteiger partial charge in [0.1, 0.15) is 0 Å². The first-order valence-electron chi connectivity index (χ1n) is 5.68. The number of ether oxygens (including phenoxy) is 1. The van der Waals surface area contributed by atoms with E-state index >= 15 is 0 Å². The standard InChI is InChI=1S/C11H17N3O3/c1-7(15)8-3-4-14(5-8)10-9(17-2)11(16)13-6-12-10/h6-8,15H,3-5H2,1-2H3,(H,12,13,16). The molecule has 2 heterocycles. The maximum atomic E-state index is 11.5. The predicted molar refractivity (Wildman–Crippen MR) is 63.4 cm³/mol. The summed E-state index contributed by atoms with van der Waals surface area (Å²) >= 11 is 0. The molecule has 1 aromatic heterocycles.